The molecule has 1 aromatic rings. The summed E-state index contributed by atoms with van der Waals surface area (Å²) in [4.78, 5) is 14.4. The van der Waals surface area contributed by atoms with E-state index in [1.807, 2.05) is 6.07 Å². The molecule has 2 fully saturated rings. The molecule has 2 atom stereocenters. The molecule has 23 heavy (non-hydrogen) atoms. The lowest BCUT2D eigenvalue weighted by atomic mass is 9.97. The number of carbonyl (C=O) groups is 1. The van der Waals surface area contributed by atoms with Crippen molar-refractivity contribution in [1.82, 2.24) is 25.7 Å². The van der Waals surface area contributed by atoms with E-state index >= 15 is 0 Å². The molecule has 0 spiro atoms. The van der Waals surface area contributed by atoms with Crippen molar-refractivity contribution in [2.24, 2.45) is 5.92 Å². The first-order valence-electron chi connectivity index (χ1n) is 8.22. The molecule has 3 rings (SSSR count). The van der Waals surface area contributed by atoms with Crippen LogP contribution in [0.4, 0.5) is 4.79 Å². The Labute approximate surface area is 135 Å². The number of H-pyrrole nitrogens is 1. The normalized spacial score (nSPS) is 23.6. The quantitative estimate of drug-likeness (QED) is 0.682. The van der Waals surface area contributed by atoms with E-state index < -0.39 is 0 Å². The first-order valence-corrected chi connectivity index (χ1v) is 8.22. The summed E-state index contributed by atoms with van der Waals surface area (Å²) in [6.07, 6.45) is 2.73. The molecule has 2 aliphatic rings. The van der Waals surface area contributed by atoms with Crippen LogP contribution in [-0.2, 0) is 16.0 Å². The second-order valence-corrected chi connectivity index (χ2v) is 5.98. The SMILES string of the molecule is O=C(NCc1ccn[nH]1)NC[C@H]([C@H]1CCOC1)N1CCOCC1. The number of ether oxygens (including phenoxy) is 2. The average molecular weight is 323 g/mol. The van der Waals surface area contributed by atoms with Gasteiger partial charge in [0.25, 0.3) is 0 Å². The van der Waals surface area contributed by atoms with Gasteiger partial charge in [-0.3, -0.25) is 10.00 Å². The van der Waals surface area contributed by atoms with Crippen LogP contribution < -0.4 is 10.6 Å². The summed E-state index contributed by atoms with van der Waals surface area (Å²) < 4.78 is 11.0. The topological polar surface area (TPSA) is 91.5 Å². The first kappa shape index (κ1) is 16.2. The van der Waals surface area contributed by atoms with Crippen molar-refractivity contribution in [2.45, 2.75) is 19.0 Å². The van der Waals surface area contributed by atoms with Crippen LogP contribution in [0.25, 0.3) is 0 Å². The van der Waals surface area contributed by atoms with Gasteiger partial charge in [0.2, 0.25) is 0 Å². The third-order valence-electron chi connectivity index (χ3n) is 4.49. The summed E-state index contributed by atoms with van der Waals surface area (Å²) >= 11 is 0. The molecule has 0 aliphatic carbocycles. The van der Waals surface area contributed by atoms with Crippen molar-refractivity contribution >= 4 is 6.03 Å². The number of hydrogen-bond acceptors (Lipinski definition) is 5. The number of carbonyl (C=O) groups excluding carboxylic acids is 1. The first-order chi connectivity index (χ1) is 11.3. The maximum atomic E-state index is 12.0. The van der Waals surface area contributed by atoms with Crippen LogP contribution in [0.2, 0.25) is 0 Å². The standard InChI is InChI=1S/C15H25N5O3/c21-15(16-9-13-1-3-18-19-13)17-10-14(12-2-6-23-11-12)20-4-7-22-8-5-20/h1,3,12,14H,2,4-11H2,(H,18,19)(H2,16,17,21)/t12-,14+/m0/s1. The minimum Gasteiger partial charge on any atom is -0.381 e. The zero-order chi connectivity index (χ0) is 15.9. The Hall–Kier alpha value is -1.64. The fourth-order valence-electron chi connectivity index (χ4n) is 3.18. The third kappa shape index (κ3) is 4.66. The Morgan fingerprint density at radius 3 is 2.91 bits per heavy atom. The van der Waals surface area contributed by atoms with E-state index in [9.17, 15) is 4.79 Å². The molecule has 0 radical (unpaired) electrons. The number of nitrogens with zero attached hydrogens (tertiary/aromatic N) is 2. The van der Waals surface area contributed by atoms with Crippen molar-refractivity contribution in [3.63, 3.8) is 0 Å². The number of rotatable bonds is 6. The Morgan fingerprint density at radius 1 is 1.35 bits per heavy atom. The van der Waals surface area contributed by atoms with Crippen molar-refractivity contribution in [3.8, 4) is 0 Å². The van der Waals surface area contributed by atoms with E-state index in [0.29, 0.717) is 25.0 Å². The lowest BCUT2D eigenvalue weighted by molar-refractivity contribution is 0.00212. The molecule has 0 aromatic carbocycles. The number of urea groups is 1. The molecule has 2 saturated heterocycles. The molecule has 8 heteroatoms. The molecular weight excluding hydrogens is 298 g/mol. The van der Waals surface area contributed by atoms with Crippen molar-refractivity contribution in [1.29, 1.82) is 0 Å². The van der Waals surface area contributed by atoms with Crippen LogP contribution in [-0.4, -0.2) is 73.2 Å². The summed E-state index contributed by atoms with van der Waals surface area (Å²) in [6, 6.07) is 1.99. The summed E-state index contributed by atoms with van der Waals surface area (Å²) in [5, 5.41) is 12.5. The van der Waals surface area contributed by atoms with Crippen LogP contribution >= 0.6 is 0 Å². The van der Waals surface area contributed by atoms with E-state index in [-0.39, 0.29) is 6.03 Å². The van der Waals surface area contributed by atoms with E-state index in [4.69, 9.17) is 9.47 Å². The summed E-state index contributed by atoms with van der Waals surface area (Å²) in [7, 11) is 0. The van der Waals surface area contributed by atoms with Crippen molar-refractivity contribution in [3.05, 3.63) is 18.0 Å². The predicted molar refractivity (Wildman–Crippen MR) is 83.9 cm³/mol. The van der Waals surface area contributed by atoms with Crippen molar-refractivity contribution < 1.29 is 14.3 Å². The van der Waals surface area contributed by atoms with Gasteiger partial charge in [-0.15, -0.1) is 0 Å². The molecule has 1 aromatic heterocycles. The van der Waals surface area contributed by atoms with Gasteiger partial charge < -0.3 is 20.1 Å². The Balaban J connectivity index is 1.47. The van der Waals surface area contributed by atoms with Gasteiger partial charge in [0, 0.05) is 44.4 Å². The average Bonchev–Trinajstić information content (AvgIpc) is 3.28. The molecule has 0 bridgehead atoms. The minimum atomic E-state index is -0.156. The summed E-state index contributed by atoms with van der Waals surface area (Å²) in [6.45, 7) is 6.02. The van der Waals surface area contributed by atoms with Crippen LogP contribution in [0.5, 0.6) is 0 Å². The minimum absolute atomic E-state index is 0.156. The van der Waals surface area contributed by atoms with Gasteiger partial charge in [0.1, 0.15) is 0 Å². The van der Waals surface area contributed by atoms with Crippen LogP contribution in [0.1, 0.15) is 12.1 Å². The summed E-state index contributed by atoms with van der Waals surface area (Å²) in [5.74, 6) is 0.473. The van der Waals surface area contributed by atoms with Crippen molar-refractivity contribution in [2.75, 3.05) is 46.1 Å². The van der Waals surface area contributed by atoms with E-state index in [1.54, 1.807) is 6.20 Å². The van der Waals surface area contributed by atoms with E-state index in [0.717, 1.165) is 51.6 Å². The van der Waals surface area contributed by atoms with Gasteiger partial charge >= 0.3 is 6.03 Å². The second kappa shape index (κ2) is 8.28. The van der Waals surface area contributed by atoms with E-state index in [1.165, 1.54) is 0 Å². The van der Waals surface area contributed by atoms with Gasteiger partial charge in [-0.05, 0) is 12.5 Å². The fraction of sp³-hybridized carbons (Fsp3) is 0.733. The van der Waals surface area contributed by atoms with Crippen LogP contribution in [0, 0.1) is 5.92 Å². The van der Waals surface area contributed by atoms with Gasteiger partial charge in [-0.25, -0.2) is 4.79 Å². The number of aromatic amines is 1. The number of morpholine rings is 1. The highest BCUT2D eigenvalue weighted by atomic mass is 16.5. The molecule has 2 amide bonds. The molecule has 8 nitrogen and oxygen atoms in total. The smallest absolute Gasteiger partial charge is 0.315 e. The van der Waals surface area contributed by atoms with E-state index in [2.05, 4.69) is 25.7 Å². The van der Waals surface area contributed by atoms with Crippen LogP contribution in [0.3, 0.4) is 0 Å². The Kier molecular flexibility index (Phi) is 5.84. The number of aromatic nitrogens is 2. The van der Waals surface area contributed by atoms with Gasteiger partial charge in [-0.1, -0.05) is 0 Å². The number of nitrogens with one attached hydrogen (secondary N) is 3. The van der Waals surface area contributed by atoms with Gasteiger partial charge in [-0.2, -0.15) is 5.10 Å². The fourth-order valence-corrected chi connectivity index (χ4v) is 3.18. The molecule has 3 N–H and O–H groups in total. The third-order valence-corrected chi connectivity index (χ3v) is 4.49. The van der Waals surface area contributed by atoms with Crippen LogP contribution in [0.15, 0.2) is 12.3 Å². The maximum Gasteiger partial charge on any atom is 0.315 e. The van der Waals surface area contributed by atoms with Gasteiger partial charge in [0.15, 0.2) is 0 Å². The summed E-state index contributed by atoms with van der Waals surface area (Å²) in [5.41, 5.74) is 0.883. The highest BCUT2D eigenvalue weighted by Gasteiger charge is 2.31. The number of amides is 2. The zero-order valence-corrected chi connectivity index (χ0v) is 13.3. The molecular formula is C15H25N5O3. The number of hydrogen-bond donors (Lipinski definition) is 3. The predicted octanol–water partition coefficient (Wildman–Crippen LogP) is -0.0538. The monoisotopic (exact) mass is 323 g/mol. The molecule has 3 heterocycles. The highest BCUT2D eigenvalue weighted by Crippen LogP contribution is 2.21. The lowest BCUT2D eigenvalue weighted by Crippen LogP contribution is -2.53. The van der Waals surface area contributed by atoms with Gasteiger partial charge in [0.05, 0.1) is 32.1 Å². The maximum absolute atomic E-state index is 12.0. The lowest BCUT2D eigenvalue weighted by Gasteiger charge is -2.37. The molecule has 128 valence electrons. The largest absolute Gasteiger partial charge is 0.381 e. The highest BCUT2D eigenvalue weighted by molar-refractivity contribution is 5.73. The molecule has 0 unspecified atom stereocenters. The second-order valence-electron chi connectivity index (χ2n) is 5.98. The Bertz CT molecular complexity index is 469. The Morgan fingerprint density at radius 2 is 2.22 bits per heavy atom. The molecule has 2 aliphatic heterocycles. The molecule has 0 saturated carbocycles. The zero-order valence-electron chi connectivity index (χ0n) is 13.3.